The summed E-state index contributed by atoms with van der Waals surface area (Å²) in [5.41, 5.74) is -0.0239. The molecule has 8 heteroatoms. The van der Waals surface area contributed by atoms with E-state index >= 15 is 0 Å². The van der Waals surface area contributed by atoms with Crippen LogP contribution in [0.2, 0.25) is 5.02 Å². The number of halogens is 1. The molecule has 0 saturated heterocycles. The lowest BCUT2D eigenvalue weighted by atomic mass is 10.1. The van der Waals surface area contributed by atoms with E-state index in [1.165, 1.54) is 18.3 Å². The van der Waals surface area contributed by atoms with Crippen molar-refractivity contribution in [2.24, 2.45) is 0 Å². The molecule has 0 aliphatic heterocycles. The number of benzene rings is 2. The number of aromatic carboxylic acids is 1. The zero-order valence-corrected chi connectivity index (χ0v) is 12.7. The van der Waals surface area contributed by atoms with Crippen molar-refractivity contribution in [1.82, 2.24) is 4.57 Å². The minimum atomic E-state index is -1.18. The van der Waals surface area contributed by atoms with Gasteiger partial charge in [0, 0.05) is 23.7 Å². The summed E-state index contributed by atoms with van der Waals surface area (Å²) in [5, 5.41) is 20.6. The molecule has 0 radical (unpaired) electrons. The summed E-state index contributed by atoms with van der Waals surface area (Å²) in [6, 6.07) is 10.0. The molecular weight excluding hydrogens is 336 g/mol. The zero-order valence-electron chi connectivity index (χ0n) is 12.0. The van der Waals surface area contributed by atoms with Crippen LogP contribution in [-0.4, -0.2) is 26.5 Å². The minimum absolute atomic E-state index is 0.0412. The van der Waals surface area contributed by atoms with Crippen molar-refractivity contribution in [2.75, 3.05) is 0 Å². The van der Waals surface area contributed by atoms with E-state index in [-0.39, 0.29) is 21.8 Å². The Morgan fingerprint density at radius 1 is 1.12 bits per heavy atom. The monoisotopic (exact) mass is 344 g/mol. The third-order valence-corrected chi connectivity index (χ3v) is 3.88. The predicted octanol–water partition coefficient (Wildman–Crippen LogP) is 3.59. The van der Waals surface area contributed by atoms with Gasteiger partial charge in [-0.1, -0.05) is 29.8 Å². The minimum Gasteiger partial charge on any atom is -0.478 e. The molecule has 0 aliphatic rings. The fourth-order valence-corrected chi connectivity index (χ4v) is 2.64. The number of hydrogen-bond donors (Lipinski definition) is 1. The molecule has 24 heavy (non-hydrogen) atoms. The van der Waals surface area contributed by atoms with Crippen LogP contribution in [0.3, 0.4) is 0 Å². The maximum atomic E-state index is 12.8. The second-order valence-electron chi connectivity index (χ2n) is 4.96. The van der Waals surface area contributed by atoms with Crippen LogP contribution in [0.25, 0.3) is 10.9 Å². The molecule has 0 unspecified atom stereocenters. The van der Waals surface area contributed by atoms with Gasteiger partial charge in [-0.25, -0.2) is 4.79 Å². The van der Waals surface area contributed by atoms with Crippen LogP contribution < -0.4 is 0 Å². The first-order valence-electron chi connectivity index (χ1n) is 6.72. The zero-order chi connectivity index (χ0) is 17.4. The van der Waals surface area contributed by atoms with Gasteiger partial charge in [0.15, 0.2) is 0 Å². The highest BCUT2D eigenvalue weighted by Gasteiger charge is 2.22. The number of aromatic nitrogens is 1. The van der Waals surface area contributed by atoms with Crippen molar-refractivity contribution >= 4 is 40.1 Å². The second kappa shape index (κ2) is 5.78. The van der Waals surface area contributed by atoms with Gasteiger partial charge >= 0.3 is 5.97 Å². The number of carbonyl (C=O) groups excluding carboxylic acids is 1. The molecule has 0 saturated carbocycles. The number of nitro groups is 1. The molecule has 120 valence electrons. The van der Waals surface area contributed by atoms with Crippen molar-refractivity contribution in [2.45, 2.75) is 0 Å². The Kier molecular flexibility index (Phi) is 3.78. The number of carboxylic acids is 1. The van der Waals surface area contributed by atoms with Crippen LogP contribution in [0, 0.1) is 10.1 Å². The Morgan fingerprint density at radius 2 is 1.83 bits per heavy atom. The van der Waals surface area contributed by atoms with Crippen LogP contribution in [0.4, 0.5) is 5.69 Å². The first kappa shape index (κ1) is 15.7. The number of nitrogens with zero attached hydrogens (tertiary/aromatic N) is 2. The van der Waals surface area contributed by atoms with E-state index in [4.69, 9.17) is 11.6 Å². The lowest BCUT2D eigenvalue weighted by Crippen LogP contribution is -2.12. The molecule has 1 aromatic heterocycles. The molecule has 0 fully saturated rings. The van der Waals surface area contributed by atoms with Gasteiger partial charge in [-0.05, 0) is 12.1 Å². The van der Waals surface area contributed by atoms with Crippen LogP contribution >= 0.6 is 11.6 Å². The largest absolute Gasteiger partial charge is 0.478 e. The molecule has 3 rings (SSSR count). The quantitative estimate of drug-likeness (QED) is 0.577. The van der Waals surface area contributed by atoms with E-state index in [9.17, 15) is 24.8 Å². The van der Waals surface area contributed by atoms with Gasteiger partial charge in [0.1, 0.15) is 0 Å². The summed E-state index contributed by atoms with van der Waals surface area (Å²) in [5.74, 6) is -1.82. The van der Waals surface area contributed by atoms with E-state index in [1.807, 2.05) is 0 Å². The number of nitro benzene ring substituents is 1. The topological polar surface area (TPSA) is 102 Å². The molecule has 1 heterocycles. The van der Waals surface area contributed by atoms with Crippen LogP contribution in [0.5, 0.6) is 0 Å². The summed E-state index contributed by atoms with van der Waals surface area (Å²) in [4.78, 5) is 34.4. The highest BCUT2D eigenvalue weighted by Crippen LogP contribution is 2.27. The van der Waals surface area contributed by atoms with Crippen molar-refractivity contribution in [3.8, 4) is 0 Å². The van der Waals surface area contributed by atoms with Gasteiger partial charge in [-0.2, -0.15) is 0 Å². The van der Waals surface area contributed by atoms with Gasteiger partial charge in [-0.15, -0.1) is 0 Å². The molecule has 1 N–H and O–H groups in total. The average Bonchev–Trinajstić information content (AvgIpc) is 2.94. The number of rotatable bonds is 3. The van der Waals surface area contributed by atoms with Gasteiger partial charge in [0.05, 0.1) is 26.6 Å². The highest BCUT2D eigenvalue weighted by atomic mass is 35.5. The lowest BCUT2D eigenvalue weighted by Gasteiger charge is -2.06. The van der Waals surface area contributed by atoms with Crippen molar-refractivity contribution in [3.05, 3.63) is 74.9 Å². The maximum Gasteiger partial charge on any atom is 0.337 e. The standard InChI is InChI=1S/C16H9ClN2O5/c17-13-6-5-9(19(23)24)7-11(13)15(20)18-8-12(16(21)22)10-3-1-2-4-14(10)18/h1-8H,(H,21,22). The Hall–Kier alpha value is -3.19. The van der Waals surface area contributed by atoms with Gasteiger partial charge in [0.25, 0.3) is 11.6 Å². The summed E-state index contributed by atoms with van der Waals surface area (Å²) in [6.45, 7) is 0. The van der Waals surface area contributed by atoms with E-state index < -0.39 is 16.8 Å². The highest BCUT2D eigenvalue weighted by molar-refractivity contribution is 6.34. The summed E-state index contributed by atoms with van der Waals surface area (Å²) >= 11 is 5.99. The Morgan fingerprint density at radius 3 is 2.50 bits per heavy atom. The molecule has 0 atom stereocenters. The van der Waals surface area contributed by atoms with Crippen molar-refractivity contribution in [3.63, 3.8) is 0 Å². The predicted molar refractivity (Wildman–Crippen MR) is 86.7 cm³/mol. The first-order valence-corrected chi connectivity index (χ1v) is 7.10. The SMILES string of the molecule is O=C(O)c1cn(C(=O)c2cc([N+](=O)[O-])ccc2Cl)c2ccccc12. The van der Waals surface area contributed by atoms with E-state index in [1.54, 1.807) is 24.3 Å². The Balaban J connectivity index is 2.22. The van der Waals surface area contributed by atoms with E-state index in [2.05, 4.69) is 0 Å². The molecule has 3 aromatic rings. The number of para-hydroxylation sites is 1. The molecule has 0 bridgehead atoms. The maximum absolute atomic E-state index is 12.8. The molecule has 2 aromatic carbocycles. The van der Waals surface area contributed by atoms with Gasteiger partial charge in [0.2, 0.25) is 0 Å². The Labute approximate surface area is 139 Å². The summed E-state index contributed by atoms with van der Waals surface area (Å²) in [6.07, 6.45) is 1.19. The number of non-ortho nitro benzene ring substituents is 1. The van der Waals surface area contributed by atoms with Crippen LogP contribution in [-0.2, 0) is 0 Å². The average molecular weight is 345 g/mol. The first-order chi connectivity index (χ1) is 11.4. The molecule has 0 spiro atoms. The molecular formula is C16H9ClN2O5. The lowest BCUT2D eigenvalue weighted by molar-refractivity contribution is -0.384. The van der Waals surface area contributed by atoms with Crippen LogP contribution in [0.1, 0.15) is 20.7 Å². The van der Waals surface area contributed by atoms with Gasteiger partial charge in [-0.3, -0.25) is 19.5 Å². The van der Waals surface area contributed by atoms with Gasteiger partial charge < -0.3 is 5.11 Å². The fourth-order valence-electron chi connectivity index (χ4n) is 2.44. The smallest absolute Gasteiger partial charge is 0.337 e. The molecule has 0 aliphatic carbocycles. The van der Waals surface area contributed by atoms with Crippen molar-refractivity contribution in [1.29, 1.82) is 0 Å². The summed E-state index contributed by atoms with van der Waals surface area (Å²) < 4.78 is 1.13. The normalized spacial score (nSPS) is 10.7. The second-order valence-corrected chi connectivity index (χ2v) is 5.37. The Bertz CT molecular complexity index is 1010. The van der Waals surface area contributed by atoms with E-state index in [0.29, 0.717) is 10.9 Å². The number of fused-ring (bicyclic) bond motifs is 1. The van der Waals surface area contributed by atoms with Crippen LogP contribution in [0.15, 0.2) is 48.7 Å². The third-order valence-electron chi connectivity index (χ3n) is 3.55. The third kappa shape index (κ3) is 2.50. The number of carboxylic acid groups (broad SMARTS) is 1. The molecule has 7 nitrogen and oxygen atoms in total. The fraction of sp³-hybridized carbons (Fsp3) is 0. The summed E-state index contributed by atoms with van der Waals surface area (Å²) in [7, 11) is 0. The molecule has 0 amide bonds. The van der Waals surface area contributed by atoms with Crippen molar-refractivity contribution < 1.29 is 19.6 Å². The number of hydrogen-bond acceptors (Lipinski definition) is 4. The number of carbonyl (C=O) groups is 2. The van der Waals surface area contributed by atoms with E-state index in [0.717, 1.165) is 10.6 Å².